The van der Waals surface area contributed by atoms with Crippen LogP contribution < -0.4 is 4.74 Å². The van der Waals surface area contributed by atoms with Crippen LogP contribution in [0.1, 0.15) is 15.4 Å². The number of thiazole rings is 1. The Labute approximate surface area is 134 Å². The molecule has 2 aromatic carbocycles. The smallest absolute Gasteiger partial charge is 0.387 e. The molecule has 23 heavy (non-hydrogen) atoms. The lowest BCUT2D eigenvalue weighted by molar-refractivity contribution is -0.0498. The van der Waals surface area contributed by atoms with E-state index >= 15 is 0 Å². The summed E-state index contributed by atoms with van der Waals surface area (Å²) in [5, 5.41) is 0.417. The van der Waals surface area contributed by atoms with Crippen LogP contribution in [-0.2, 0) is 0 Å². The summed E-state index contributed by atoms with van der Waals surface area (Å²) in [5.74, 6) is -0.117. The van der Waals surface area contributed by atoms with Gasteiger partial charge in [0.1, 0.15) is 5.75 Å². The highest BCUT2D eigenvalue weighted by Crippen LogP contribution is 2.22. The largest absolute Gasteiger partial charge is 0.435 e. The summed E-state index contributed by atoms with van der Waals surface area (Å²) < 4.78 is 29.3. The summed E-state index contributed by atoms with van der Waals surface area (Å²) in [6.07, 6.45) is 3.03. The first-order valence-electron chi connectivity index (χ1n) is 6.75. The molecular formula is C17H11F2NO2S. The zero-order chi connectivity index (χ0) is 16.2. The van der Waals surface area contributed by atoms with E-state index in [0.717, 1.165) is 10.2 Å². The molecule has 0 amide bonds. The Kier molecular flexibility index (Phi) is 4.43. The van der Waals surface area contributed by atoms with Crippen LogP contribution in [0.3, 0.4) is 0 Å². The van der Waals surface area contributed by atoms with Gasteiger partial charge in [-0.2, -0.15) is 8.78 Å². The molecule has 3 aromatic rings. The third-order valence-electron chi connectivity index (χ3n) is 3.04. The van der Waals surface area contributed by atoms with Crippen molar-refractivity contribution in [2.24, 2.45) is 0 Å². The normalized spacial score (nSPS) is 11.4. The first kappa shape index (κ1) is 15.3. The van der Waals surface area contributed by atoms with Crippen LogP contribution in [0.4, 0.5) is 8.78 Å². The number of alkyl halides is 2. The minimum Gasteiger partial charge on any atom is -0.435 e. The van der Waals surface area contributed by atoms with Gasteiger partial charge in [-0.05, 0) is 35.9 Å². The molecule has 0 N–H and O–H groups in total. The van der Waals surface area contributed by atoms with Crippen molar-refractivity contribution in [2.75, 3.05) is 0 Å². The van der Waals surface area contributed by atoms with Gasteiger partial charge in [-0.25, -0.2) is 4.98 Å². The molecule has 6 heteroatoms. The fraction of sp³-hybridized carbons (Fsp3) is 0.0588. The number of rotatable bonds is 5. The number of para-hydroxylation sites is 1. The molecule has 0 aliphatic rings. The van der Waals surface area contributed by atoms with Crippen LogP contribution in [0.25, 0.3) is 16.3 Å². The molecule has 0 atom stereocenters. The predicted octanol–water partition coefficient (Wildman–Crippen LogP) is 4.79. The van der Waals surface area contributed by atoms with Crippen LogP contribution >= 0.6 is 11.3 Å². The number of hydrogen-bond acceptors (Lipinski definition) is 4. The zero-order valence-corrected chi connectivity index (χ0v) is 12.6. The number of nitrogens with zero attached hydrogens (tertiary/aromatic N) is 1. The zero-order valence-electron chi connectivity index (χ0n) is 11.8. The molecule has 1 aromatic heterocycles. The third-order valence-corrected chi connectivity index (χ3v) is 4.09. The summed E-state index contributed by atoms with van der Waals surface area (Å²) >= 11 is 1.33. The Bertz CT molecular complexity index is 823. The molecule has 3 nitrogen and oxygen atoms in total. The fourth-order valence-corrected chi connectivity index (χ4v) is 2.87. The maximum absolute atomic E-state index is 12.1. The Morgan fingerprint density at radius 2 is 1.87 bits per heavy atom. The van der Waals surface area contributed by atoms with Gasteiger partial charge < -0.3 is 4.74 Å². The second-order valence-corrected chi connectivity index (χ2v) is 5.66. The second kappa shape index (κ2) is 6.66. The van der Waals surface area contributed by atoms with Crippen molar-refractivity contribution in [3.63, 3.8) is 0 Å². The number of halogens is 2. The van der Waals surface area contributed by atoms with Crippen molar-refractivity contribution in [2.45, 2.75) is 6.61 Å². The van der Waals surface area contributed by atoms with Crippen molar-refractivity contribution in [3.8, 4) is 5.75 Å². The van der Waals surface area contributed by atoms with Gasteiger partial charge in [0, 0.05) is 0 Å². The van der Waals surface area contributed by atoms with Gasteiger partial charge in [0.15, 0.2) is 5.01 Å². The van der Waals surface area contributed by atoms with E-state index in [4.69, 9.17) is 0 Å². The molecule has 0 aliphatic carbocycles. The van der Waals surface area contributed by atoms with Gasteiger partial charge in [0.05, 0.1) is 10.2 Å². The number of carbonyl (C=O) groups excluding carboxylic acids is 1. The number of benzene rings is 2. The van der Waals surface area contributed by atoms with Crippen LogP contribution in [0, 0.1) is 0 Å². The molecular weight excluding hydrogens is 320 g/mol. The Morgan fingerprint density at radius 1 is 1.13 bits per heavy atom. The van der Waals surface area contributed by atoms with E-state index in [-0.39, 0.29) is 11.5 Å². The van der Waals surface area contributed by atoms with Crippen molar-refractivity contribution in [3.05, 3.63) is 65.2 Å². The highest BCUT2D eigenvalue weighted by Gasteiger charge is 2.09. The van der Waals surface area contributed by atoms with Crippen molar-refractivity contribution >= 4 is 33.4 Å². The number of ether oxygens (including phenoxy) is 1. The SMILES string of the molecule is O=C(/C=C/c1ccc(OC(F)F)cc1)c1nc2ccccc2s1. The quantitative estimate of drug-likeness (QED) is 0.498. The van der Waals surface area contributed by atoms with Crippen molar-refractivity contribution < 1.29 is 18.3 Å². The van der Waals surface area contributed by atoms with E-state index in [1.165, 1.54) is 29.5 Å². The molecule has 0 radical (unpaired) electrons. The van der Waals surface area contributed by atoms with Crippen LogP contribution in [0.15, 0.2) is 54.6 Å². The average Bonchev–Trinajstić information content (AvgIpc) is 2.97. The molecule has 0 saturated heterocycles. The molecule has 0 bridgehead atoms. The number of hydrogen-bond donors (Lipinski definition) is 0. The van der Waals surface area contributed by atoms with Crippen LogP contribution in [0.5, 0.6) is 5.75 Å². The summed E-state index contributed by atoms with van der Waals surface area (Å²) in [4.78, 5) is 16.4. The lowest BCUT2D eigenvalue weighted by Gasteiger charge is -2.03. The number of allylic oxidation sites excluding steroid dienone is 1. The summed E-state index contributed by atoms with van der Waals surface area (Å²) in [7, 11) is 0. The highest BCUT2D eigenvalue weighted by atomic mass is 32.1. The van der Waals surface area contributed by atoms with E-state index in [2.05, 4.69) is 9.72 Å². The molecule has 116 valence electrons. The number of fused-ring (bicyclic) bond motifs is 1. The van der Waals surface area contributed by atoms with Crippen molar-refractivity contribution in [1.29, 1.82) is 0 Å². The molecule has 0 spiro atoms. The van der Waals surface area contributed by atoms with E-state index in [0.29, 0.717) is 10.6 Å². The van der Waals surface area contributed by atoms with Gasteiger partial charge in [0.25, 0.3) is 0 Å². The number of aromatic nitrogens is 1. The minimum absolute atomic E-state index is 0.0784. The first-order chi connectivity index (χ1) is 11.1. The van der Waals surface area contributed by atoms with E-state index < -0.39 is 6.61 Å². The number of ketones is 1. The van der Waals surface area contributed by atoms with E-state index in [1.807, 2.05) is 24.3 Å². The predicted molar refractivity (Wildman–Crippen MR) is 86.1 cm³/mol. The maximum atomic E-state index is 12.1. The topological polar surface area (TPSA) is 39.2 Å². The molecule has 3 rings (SSSR count). The molecule has 0 aliphatic heterocycles. The van der Waals surface area contributed by atoms with Crippen LogP contribution in [0.2, 0.25) is 0 Å². The van der Waals surface area contributed by atoms with E-state index in [1.54, 1.807) is 18.2 Å². The average molecular weight is 331 g/mol. The maximum Gasteiger partial charge on any atom is 0.387 e. The molecule has 0 unspecified atom stereocenters. The Hall–Kier alpha value is -2.60. The lowest BCUT2D eigenvalue weighted by Crippen LogP contribution is -2.01. The standard InChI is InChI=1S/C17H11F2NO2S/c18-17(19)22-12-8-5-11(6-9-12)7-10-14(21)16-20-13-3-1-2-4-15(13)23-16/h1-10,17H/b10-7+. The Morgan fingerprint density at radius 3 is 2.57 bits per heavy atom. The molecule has 1 heterocycles. The summed E-state index contributed by atoms with van der Waals surface area (Å²) in [5.41, 5.74) is 1.50. The van der Waals surface area contributed by atoms with Crippen LogP contribution in [-0.4, -0.2) is 17.4 Å². The summed E-state index contributed by atoms with van der Waals surface area (Å²) in [6.45, 7) is -2.85. The minimum atomic E-state index is -2.85. The fourth-order valence-electron chi connectivity index (χ4n) is 1.98. The highest BCUT2D eigenvalue weighted by molar-refractivity contribution is 7.20. The summed E-state index contributed by atoms with van der Waals surface area (Å²) in [6, 6.07) is 13.6. The number of carbonyl (C=O) groups is 1. The van der Waals surface area contributed by atoms with Gasteiger partial charge >= 0.3 is 6.61 Å². The molecule has 0 saturated carbocycles. The lowest BCUT2D eigenvalue weighted by atomic mass is 10.2. The van der Waals surface area contributed by atoms with Gasteiger partial charge in [0.2, 0.25) is 5.78 Å². The van der Waals surface area contributed by atoms with Gasteiger partial charge in [-0.3, -0.25) is 4.79 Å². The van der Waals surface area contributed by atoms with E-state index in [9.17, 15) is 13.6 Å². The molecule has 0 fully saturated rings. The van der Waals surface area contributed by atoms with Gasteiger partial charge in [-0.1, -0.05) is 30.3 Å². The Balaban J connectivity index is 1.72. The second-order valence-electron chi connectivity index (χ2n) is 4.63. The third kappa shape index (κ3) is 3.78. The monoisotopic (exact) mass is 331 g/mol. The van der Waals surface area contributed by atoms with Crippen molar-refractivity contribution in [1.82, 2.24) is 4.98 Å². The van der Waals surface area contributed by atoms with Gasteiger partial charge in [-0.15, -0.1) is 11.3 Å². The first-order valence-corrected chi connectivity index (χ1v) is 7.56.